The molecule has 2 rings (SSSR count). The van der Waals surface area contributed by atoms with E-state index in [9.17, 15) is 4.79 Å². The minimum atomic E-state index is 0.517. The van der Waals surface area contributed by atoms with E-state index in [4.69, 9.17) is 5.26 Å². The lowest BCUT2D eigenvalue weighted by atomic mass is 9.77. The zero-order valence-electron chi connectivity index (χ0n) is 11.6. The Morgan fingerprint density at radius 3 is 2.40 bits per heavy atom. The summed E-state index contributed by atoms with van der Waals surface area (Å²) in [7, 11) is 0. The Bertz CT molecular complexity index is 540. The van der Waals surface area contributed by atoms with Crippen LogP contribution in [0.3, 0.4) is 0 Å². The second kappa shape index (κ2) is 6.86. The average molecular weight is 265 g/mol. The lowest BCUT2D eigenvalue weighted by Crippen LogP contribution is -2.14. The number of allylic oxidation sites excluding steroid dienone is 3. The van der Waals surface area contributed by atoms with Crippen molar-refractivity contribution in [2.24, 2.45) is 11.8 Å². The largest absolute Gasteiger partial charge is 0.299 e. The number of nitrogens with zero attached hydrogens (tertiary/aromatic N) is 1. The molecule has 1 aromatic rings. The van der Waals surface area contributed by atoms with Gasteiger partial charge in [0.15, 0.2) is 0 Å². The Balaban J connectivity index is 1.96. The van der Waals surface area contributed by atoms with Crippen LogP contribution in [0.4, 0.5) is 0 Å². The Morgan fingerprint density at radius 2 is 1.85 bits per heavy atom. The Kier molecular flexibility index (Phi) is 4.90. The second-order valence-electron chi connectivity index (χ2n) is 5.35. The van der Waals surface area contributed by atoms with E-state index in [2.05, 4.69) is 12.6 Å². The van der Waals surface area contributed by atoms with Crippen molar-refractivity contribution in [1.82, 2.24) is 0 Å². The summed E-state index contributed by atoms with van der Waals surface area (Å²) in [6.07, 6.45) is 8.95. The maximum atomic E-state index is 10.3. The lowest BCUT2D eigenvalue weighted by Gasteiger charge is -2.28. The highest BCUT2D eigenvalue weighted by Crippen LogP contribution is 2.37. The van der Waals surface area contributed by atoms with Crippen LogP contribution in [0, 0.1) is 23.2 Å². The predicted octanol–water partition coefficient (Wildman–Crippen LogP) is 4.13. The zero-order valence-corrected chi connectivity index (χ0v) is 11.6. The van der Waals surface area contributed by atoms with E-state index in [0.29, 0.717) is 17.4 Å². The van der Waals surface area contributed by atoms with Crippen molar-refractivity contribution in [3.8, 4) is 6.07 Å². The smallest absolute Gasteiger partial charge is 0.142 e. The molecule has 1 saturated carbocycles. The van der Waals surface area contributed by atoms with Gasteiger partial charge in [-0.2, -0.15) is 5.26 Å². The third kappa shape index (κ3) is 3.45. The van der Waals surface area contributed by atoms with Crippen molar-refractivity contribution < 1.29 is 4.79 Å². The summed E-state index contributed by atoms with van der Waals surface area (Å²) in [5.41, 5.74) is 2.99. The lowest BCUT2D eigenvalue weighted by molar-refractivity contribution is -0.104. The van der Waals surface area contributed by atoms with E-state index >= 15 is 0 Å². The molecule has 2 nitrogen and oxygen atoms in total. The highest BCUT2D eigenvalue weighted by molar-refractivity contribution is 5.66. The van der Waals surface area contributed by atoms with Crippen LogP contribution in [-0.4, -0.2) is 6.29 Å². The van der Waals surface area contributed by atoms with Crippen molar-refractivity contribution in [3.05, 3.63) is 54.1 Å². The maximum absolute atomic E-state index is 10.3. The number of carbonyl (C=O) groups is 1. The van der Waals surface area contributed by atoms with Crippen LogP contribution in [0.2, 0.25) is 0 Å². The molecule has 0 N–H and O–H groups in total. The molecule has 20 heavy (non-hydrogen) atoms. The molecule has 0 saturated heterocycles. The highest BCUT2D eigenvalue weighted by Gasteiger charge is 2.22. The molecule has 0 radical (unpaired) electrons. The van der Waals surface area contributed by atoms with Gasteiger partial charge in [0, 0.05) is 0 Å². The van der Waals surface area contributed by atoms with Crippen LogP contribution in [0.25, 0.3) is 5.57 Å². The van der Waals surface area contributed by atoms with Crippen LogP contribution in [-0.2, 0) is 4.79 Å². The first-order chi connectivity index (χ1) is 9.74. The van der Waals surface area contributed by atoms with E-state index in [1.165, 1.54) is 5.57 Å². The SMILES string of the molecule is C=C(c1ccc(C#N)cc1)C1CCC(C=CC=O)CC1. The summed E-state index contributed by atoms with van der Waals surface area (Å²) in [5.74, 6) is 1.05. The molecule has 0 spiro atoms. The summed E-state index contributed by atoms with van der Waals surface area (Å²) in [5, 5.41) is 8.81. The predicted molar refractivity (Wildman–Crippen MR) is 80.8 cm³/mol. The third-order valence-electron chi connectivity index (χ3n) is 4.11. The molecule has 0 atom stereocenters. The third-order valence-corrected chi connectivity index (χ3v) is 4.11. The summed E-state index contributed by atoms with van der Waals surface area (Å²) in [6, 6.07) is 9.80. The van der Waals surface area contributed by atoms with Gasteiger partial charge in [-0.05, 0) is 66.9 Å². The minimum absolute atomic E-state index is 0.517. The van der Waals surface area contributed by atoms with E-state index in [1.54, 1.807) is 6.08 Å². The van der Waals surface area contributed by atoms with Gasteiger partial charge >= 0.3 is 0 Å². The van der Waals surface area contributed by atoms with Gasteiger partial charge in [-0.15, -0.1) is 0 Å². The van der Waals surface area contributed by atoms with Crippen molar-refractivity contribution in [1.29, 1.82) is 5.26 Å². The van der Waals surface area contributed by atoms with Crippen LogP contribution in [0.15, 0.2) is 43.0 Å². The van der Waals surface area contributed by atoms with Gasteiger partial charge in [-0.1, -0.05) is 24.8 Å². The van der Waals surface area contributed by atoms with Crippen LogP contribution in [0.1, 0.15) is 36.8 Å². The van der Waals surface area contributed by atoms with Gasteiger partial charge in [-0.25, -0.2) is 0 Å². The molecule has 102 valence electrons. The number of hydrogen-bond acceptors (Lipinski definition) is 2. The molecule has 0 heterocycles. The average Bonchev–Trinajstić information content (AvgIpc) is 2.53. The Morgan fingerprint density at radius 1 is 1.20 bits per heavy atom. The molecule has 2 heteroatoms. The van der Waals surface area contributed by atoms with Crippen molar-refractivity contribution >= 4 is 11.9 Å². The van der Waals surface area contributed by atoms with E-state index < -0.39 is 0 Å². The number of rotatable bonds is 4. The second-order valence-corrected chi connectivity index (χ2v) is 5.35. The summed E-state index contributed by atoms with van der Waals surface area (Å²) < 4.78 is 0. The fourth-order valence-electron chi connectivity index (χ4n) is 2.86. The zero-order chi connectivity index (χ0) is 14.4. The van der Waals surface area contributed by atoms with Gasteiger partial charge in [0.1, 0.15) is 6.29 Å². The van der Waals surface area contributed by atoms with Crippen molar-refractivity contribution in [2.75, 3.05) is 0 Å². The molecule has 0 aromatic heterocycles. The summed E-state index contributed by atoms with van der Waals surface area (Å²) >= 11 is 0. The topological polar surface area (TPSA) is 40.9 Å². The van der Waals surface area contributed by atoms with Crippen LogP contribution >= 0.6 is 0 Å². The highest BCUT2D eigenvalue weighted by atomic mass is 16.1. The summed E-state index contributed by atoms with van der Waals surface area (Å²) in [4.78, 5) is 10.3. The van der Waals surface area contributed by atoms with Gasteiger partial charge in [-0.3, -0.25) is 4.79 Å². The molecule has 0 bridgehead atoms. The first-order valence-corrected chi connectivity index (χ1v) is 7.06. The fourth-order valence-corrected chi connectivity index (χ4v) is 2.86. The standard InChI is InChI=1S/C18H19NO/c1-14(18-10-6-16(13-19)7-11-18)17-8-4-15(5-9-17)3-2-12-20/h2-3,6-7,10-12,15,17H,1,4-5,8-9H2. The molecule has 1 aliphatic carbocycles. The van der Waals surface area contributed by atoms with Crippen LogP contribution < -0.4 is 0 Å². The number of aldehydes is 1. The van der Waals surface area contributed by atoms with E-state index in [1.807, 2.05) is 30.3 Å². The molecule has 0 aliphatic heterocycles. The van der Waals surface area contributed by atoms with Gasteiger partial charge in [0.25, 0.3) is 0 Å². The van der Waals surface area contributed by atoms with Crippen molar-refractivity contribution in [2.45, 2.75) is 25.7 Å². The van der Waals surface area contributed by atoms with Gasteiger partial charge in [0.05, 0.1) is 11.6 Å². The molecular formula is C18H19NO. The van der Waals surface area contributed by atoms with Gasteiger partial charge < -0.3 is 0 Å². The summed E-state index contributed by atoms with van der Waals surface area (Å²) in [6.45, 7) is 4.23. The number of hydrogen-bond donors (Lipinski definition) is 0. The normalized spacial score (nSPS) is 22.4. The number of nitriles is 1. The molecule has 1 aromatic carbocycles. The molecule has 0 amide bonds. The maximum Gasteiger partial charge on any atom is 0.142 e. The Hall–Kier alpha value is -2.14. The molecule has 0 unspecified atom stereocenters. The van der Waals surface area contributed by atoms with E-state index in [0.717, 1.165) is 37.5 Å². The molecular weight excluding hydrogens is 246 g/mol. The Labute approximate surface area is 120 Å². The quantitative estimate of drug-likeness (QED) is 0.606. The number of carbonyl (C=O) groups excluding carboxylic acids is 1. The number of benzene rings is 1. The van der Waals surface area contributed by atoms with Crippen LogP contribution in [0.5, 0.6) is 0 Å². The van der Waals surface area contributed by atoms with E-state index in [-0.39, 0.29) is 0 Å². The first kappa shape index (κ1) is 14.3. The van der Waals surface area contributed by atoms with Crippen molar-refractivity contribution in [3.63, 3.8) is 0 Å². The minimum Gasteiger partial charge on any atom is -0.299 e. The first-order valence-electron chi connectivity index (χ1n) is 7.06. The monoisotopic (exact) mass is 265 g/mol. The molecule has 1 aliphatic rings. The molecule has 1 fully saturated rings. The fraction of sp³-hybridized carbons (Fsp3) is 0.333. The van der Waals surface area contributed by atoms with Gasteiger partial charge in [0.2, 0.25) is 0 Å².